The molecule has 4 N–H and O–H groups in total. The Morgan fingerprint density at radius 1 is 1.24 bits per heavy atom. The highest BCUT2D eigenvalue weighted by Crippen LogP contribution is 2.39. The van der Waals surface area contributed by atoms with E-state index in [-0.39, 0.29) is 18.4 Å². The van der Waals surface area contributed by atoms with E-state index in [0.717, 1.165) is 51.9 Å². The number of fused-ring (bicyclic) bond motifs is 1. The van der Waals surface area contributed by atoms with Crippen LogP contribution in [0.1, 0.15) is 67.3 Å². The first-order chi connectivity index (χ1) is 19.4. The quantitative estimate of drug-likeness (QED) is 0.150. The average Bonchev–Trinajstić information content (AvgIpc) is 3.63. The first-order valence-electron chi connectivity index (χ1n) is 14.0. The fraction of sp³-hybridized carbons (Fsp3) is 0.324. The number of likely N-dealkylation sites (tertiary alicyclic amines) is 1. The van der Waals surface area contributed by atoms with E-state index in [4.69, 9.17) is 10.2 Å². The number of furan rings is 1. The molecule has 3 heterocycles. The lowest BCUT2D eigenvalue weighted by Gasteiger charge is -2.21. The van der Waals surface area contributed by atoms with Crippen molar-refractivity contribution in [3.63, 3.8) is 0 Å². The fourth-order valence-corrected chi connectivity index (χ4v) is 5.80. The minimum absolute atomic E-state index is 0.0586. The molecule has 5 nitrogen and oxygen atoms in total. The average molecular weight is 557 g/mol. The van der Waals surface area contributed by atoms with Gasteiger partial charge in [-0.25, -0.2) is 8.78 Å². The summed E-state index contributed by atoms with van der Waals surface area (Å²) in [6.07, 6.45) is 13.0. The second kappa shape index (κ2) is 11.1. The maximum Gasteiger partial charge on any atom is 0.261 e. The van der Waals surface area contributed by atoms with Gasteiger partial charge in [0.05, 0.1) is 30.5 Å². The first kappa shape index (κ1) is 28.6. The van der Waals surface area contributed by atoms with Crippen LogP contribution < -0.4 is 5.73 Å². The molecule has 0 radical (unpaired) electrons. The molecule has 2 aliphatic rings. The largest absolute Gasteiger partial charge is 0.472 e. The zero-order valence-electron chi connectivity index (χ0n) is 24.0. The zero-order chi connectivity index (χ0) is 29.4. The number of nitrogens with zero attached hydrogens (tertiary/aromatic N) is 1. The minimum Gasteiger partial charge on any atom is -0.472 e. The molecule has 1 saturated heterocycles. The zero-order valence-corrected chi connectivity index (χ0v) is 24.0. The third kappa shape index (κ3) is 6.35. The number of anilines is 1. The van der Waals surface area contributed by atoms with Crippen molar-refractivity contribution in [2.24, 2.45) is 5.41 Å². The van der Waals surface area contributed by atoms with Crippen molar-refractivity contribution < 1.29 is 13.2 Å². The number of rotatable bonds is 8. The van der Waals surface area contributed by atoms with Crippen LogP contribution in [-0.2, 0) is 6.42 Å². The molecule has 1 fully saturated rings. The number of halogens is 2. The summed E-state index contributed by atoms with van der Waals surface area (Å²) in [7, 11) is 0. The number of benzene rings is 1. The molecule has 1 aliphatic heterocycles. The molecule has 1 aliphatic carbocycles. The predicted octanol–water partition coefficient (Wildman–Crippen LogP) is 7.87. The molecule has 0 spiro atoms. The van der Waals surface area contributed by atoms with Crippen LogP contribution in [0.2, 0.25) is 0 Å². The number of hydrogen-bond donors (Lipinski definition) is 3. The Morgan fingerprint density at radius 2 is 2.05 bits per heavy atom. The van der Waals surface area contributed by atoms with Crippen molar-refractivity contribution in [2.45, 2.75) is 46.0 Å². The summed E-state index contributed by atoms with van der Waals surface area (Å²) in [5, 5.41) is 9.17. The van der Waals surface area contributed by atoms with Gasteiger partial charge in [0.25, 0.3) is 5.92 Å². The fourth-order valence-electron chi connectivity index (χ4n) is 5.80. The summed E-state index contributed by atoms with van der Waals surface area (Å²) in [5.41, 5.74) is 15.6. The van der Waals surface area contributed by atoms with Crippen molar-refractivity contribution in [1.29, 1.82) is 5.41 Å². The van der Waals surface area contributed by atoms with Gasteiger partial charge in [0, 0.05) is 47.6 Å². The molecular formula is C34H38F2N4O. The SMILES string of the molecule is C=C/C=C(\C=C(/C)CN1CCC(F)(F)C1)c1ccc(N)c(C(=N)c2cc3c([nH]2)CC(C)(C)CC=C3c2ccoc2)c1. The minimum atomic E-state index is -2.62. The normalized spacial score (nSPS) is 19.0. The molecule has 214 valence electrons. The second-order valence-electron chi connectivity index (χ2n) is 12.1. The van der Waals surface area contributed by atoms with Crippen molar-refractivity contribution >= 4 is 22.5 Å². The summed E-state index contributed by atoms with van der Waals surface area (Å²) in [6, 6.07) is 9.66. The molecule has 1 aromatic carbocycles. The Bertz CT molecular complexity index is 1550. The number of nitrogen functional groups attached to an aromatic ring is 1. The molecule has 41 heavy (non-hydrogen) atoms. The van der Waals surface area contributed by atoms with E-state index in [1.807, 2.05) is 49.4 Å². The monoisotopic (exact) mass is 556 g/mol. The van der Waals surface area contributed by atoms with Crippen LogP contribution in [0.15, 0.2) is 83.7 Å². The number of hydrogen-bond acceptors (Lipinski definition) is 4. The lowest BCUT2D eigenvalue weighted by molar-refractivity contribution is 0.0131. The lowest BCUT2D eigenvalue weighted by Crippen LogP contribution is -2.26. The van der Waals surface area contributed by atoms with Gasteiger partial charge in [-0.2, -0.15) is 0 Å². The van der Waals surface area contributed by atoms with Gasteiger partial charge in [-0.3, -0.25) is 10.3 Å². The Labute approximate surface area is 240 Å². The molecule has 7 heteroatoms. The third-order valence-electron chi connectivity index (χ3n) is 7.88. The van der Waals surface area contributed by atoms with Gasteiger partial charge in [0.2, 0.25) is 0 Å². The van der Waals surface area contributed by atoms with E-state index in [2.05, 4.69) is 31.5 Å². The number of nitrogens with one attached hydrogen (secondary N) is 2. The van der Waals surface area contributed by atoms with Crippen LogP contribution in [0.4, 0.5) is 14.5 Å². The Kier molecular flexibility index (Phi) is 7.75. The van der Waals surface area contributed by atoms with Crippen molar-refractivity contribution in [2.75, 3.05) is 25.4 Å². The number of H-pyrrole nitrogens is 1. The van der Waals surface area contributed by atoms with E-state index in [1.165, 1.54) is 0 Å². The van der Waals surface area contributed by atoms with Crippen LogP contribution >= 0.6 is 0 Å². The number of nitrogens with two attached hydrogens (primary N) is 1. The van der Waals surface area contributed by atoms with Gasteiger partial charge in [-0.15, -0.1) is 0 Å². The van der Waals surface area contributed by atoms with E-state index in [1.54, 1.807) is 23.5 Å². The highest BCUT2D eigenvalue weighted by Gasteiger charge is 2.37. The van der Waals surface area contributed by atoms with Gasteiger partial charge in [0.15, 0.2) is 0 Å². The molecule has 0 atom stereocenters. The maximum absolute atomic E-state index is 13.7. The van der Waals surface area contributed by atoms with E-state index >= 15 is 0 Å². The smallest absolute Gasteiger partial charge is 0.261 e. The van der Waals surface area contributed by atoms with Crippen molar-refractivity contribution in [3.05, 3.63) is 113 Å². The first-order valence-corrected chi connectivity index (χ1v) is 14.0. The highest BCUT2D eigenvalue weighted by molar-refractivity contribution is 6.13. The van der Waals surface area contributed by atoms with Gasteiger partial charge in [0.1, 0.15) is 0 Å². The van der Waals surface area contributed by atoms with Crippen molar-refractivity contribution in [3.8, 4) is 0 Å². The Hall–Kier alpha value is -3.97. The van der Waals surface area contributed by atoms with Crippen LogP contribution in [-0.4, -0.2) is 41.2 Å². The van der Waals surface area contributed by atoms with Crippen molar-refractivity contribution in [1.82, 2.24) is 9.88 Å². The number of aromatic nitrogens is 1. The third-order valence-corrected chi connectivity index (χ3v) is 7.88. The molecule has 0 bridgehead atoms. The Balaban J connectivity index is 1.46. The highest BCUT2D eigenvalue weighted by atomic mass is 19.3. The second-order valence-corrected chi connectivity index (χ2v) is 12.1. The number of alkyl halides is 2. The Morgan fingerprint density at radius 3 is 2.73 bits per heavy atom. The summed E-state index contributed by atoms with van der Waals surface area (Å²) >= 11 is 0. The summed E-state index contributed by atoms with van der Waals surface area (Å²) in [5.74, 6) is -2.62. The topological polar surface area (TPSA) is 82.0 Å². The predicted molar refractivity (Wildman–Crippen MR) is 163 cm³/mol. The van der Waals surface area contributed by atoms with Crippen LogP contribution in [0, 0.1) is 10.8 Å². The molecular weight excluding hydrogens is 518 g/mol. The van der Waals surface area contributed by atoms with Gasteiger partial charge >= 0.3 is 0 Å². The summed E-state index contributed by atoms with van der Waals surface area (Å²) < 4.78 is 32.8. The van der Waals surface area contributed by atoms with Gasteiger partial charge < -0.3 is 15.1 Å². The van der Waals surface area contributed by atoms with Crippen LogP contribution in [0.5, 0.6) is 0 Å². The molecule has 2 aromatic heterocycles. The van der Waals surface area contributed by atoms with Crippen LogP contribution in [0.3, 0.4) is 0 Å². The van der Waals surface area contributed by atoms with E-state index in [9.17, 15) is 14.2 Å². The van der Waals surface area contributed by atoms with Gasteiger partial charge in [-0.05, 0) is 66.2 Å². The molecule has 0 amide bonds. The van der Waals surface area contributed by atoms with Crippen LogP contribution in [0.25, 0.3) is 11.1 Å². The number of aromatic amines is 1. The standard InChI is InChI=1S/C34H38F2N4O/c1-5-6-23(15-22(2)19-40-13-12-34(35,36)21-40)24-7-8-29(37)28(16-24)32(38)30-17-27-26(25-10-14-41-20-25)9-11-33(3,4)18-31(27)39-30/h5-10,14-17,20,38-39H,1,11-13,18-19,21,37H2,2-4H3/b22-15+,23-6+,38-32?. The van der Waals surface area contributed by atoms with Gasteiger partial charge in [-0.1, -0.05) is 56.4 Å². The lowest BCUT2D eigenvalue weighted by atomic mass is 9.85. The number of allylic oxidation sites excluding steroid dienone is 5. The molecule has 5 rings (SSSR count). The molecule has 3 aromatic rings. The maximum atomic E-state index is 13.7. The summed E-state index contributed by atoms with van der Waals surface area (Å²) in [4.78, 5) is 5.32. The molecule has 0 saturated carbocycles. The molecule has 0 unspecified atom stereocenters. The van der Waals surface area contributed by atoms with E-state index < -0.39 is 5.92 Å². The van der Waals surface area contributed by atoms with E-state index in [0.29, 0.717) is 35.7 Å². The summed E-state index contributed by atoms with van der Waals surface area (Å²) in [6.45, 7) is 11.0.